The van der Waals surface area contributed by atoms with Gasteiger partial charge in [-0.15, -0.1) is 0 Å². The van der Waals surface area contributed by atoms with Crippen LogP contribution in [0.25, 0.3) is 0 Å². The largest absolute Gasteiger partial charge is 0.465 e. The maximum absolute atomic E-state index is 11.8. The minimum absolute atomic E-state index is 0.159. The molecule has 1 heterocycles. The molecule has 1 rings (SSSR count). The average molecular weight is 297 g/mol. The number of rotatable bonds is 9. The van der Waals surface area contributed by atoms with Gasteiger partial charge in [0, 0.05) is 19.0 Å². The second-order valence-corrected chi connectivity index (χ2v) is 4.70. The summed E-state index contributed by atoms with van der Waals surface area (Å²) in [6.45, 7) is 7.37. The number of carbonyl (C=O) groups excluding carboxylic acids is 2. The minimum Gasteiger partial charge on any atom is -0.465 e. The fourth-order valence-electron chi connectivity index (χ4n) is 1.87. The Balaban J connectivity index is 2.37. The second-order valence-electron chi connectivity index (χ2n) is 4.70. The molecule has 7 nitrogen and oxygen atoms in total. The number of ether oxygens (including phenoxy) is 1. The highest BCUT2D eigenvalue weighted by Crippen LogP contribution is 2.07. The molecule has 0 fully saturated rings. The fourth-order valence-corrected chi connectivity index (χ4v) is 1.87. The summed E-state index contributed by atoms with van der Waals surface area (Å²) in [5.41, 5.74) is 0. The van der Waals surface area contributed by atoms with Crippen LogP contribution < -0.4 is 5.32 Å². The first kappa shape index (κ1) is 17.2. The molecule has 0 radical (unpaired) electrons. The number of carbonyl (C=O) groups is 2. The molecule has 0 aliphatic heterocycles. The molecular weight excluding hydrogens is 274 g/mol. The van der Waals surface area contributed by atoms with Gasteiger partial charge in [-0.25, -0.2) is 0 Å². The van der Waals surface area contributed by atoms with Crippen molar-refractivity contribution < 1.29 is 18.8 Å². The van der Waals surface area contributed by atoms with Crippen LogP contribution in [0.4, 0.5) is 5.82 Å². The molecule has 0 saturated carbocycles. The van der Waals surface area contributed by atoms with Gasteiger partial charge in [-0.2, -0.15) is 0 Å². The molecule has 7 heteroatoms. The van der Waals surface area contributed by atoms with E-state index in [9.17, 15) is 9.59 Å². The van der Waals surface area contributed by atoms with Crippen molar-refractivity contribution in [2.24, 2.45) is 0 Å². The van der Waals surface area contributed by atoms with Gasteiger partial charge < -0.3 is 14.6 Å². The predicted molar refractivity (Wildman–Crippen MR) is 77.9 cm³/mol. The highest BCUT2D eigenvalue weighted by molar-refractivity contribution is 5.89. The normalized spacial score (nSPS) is 10.7. The Morgan fingerprint density at radius 1 is 1.38 bits per heavy atom. The van der Waals surface area contributed by atoms with Crippen molar-refractivity contribution in [1.29, 1.82) is 0 Å². The number of nitrogens with one attached hydrogen (secondary N) is 1. The molecule has 0 atom stereocenters. The molecule has 0 aliphatic rings. The van der Waals surface area contributed by atoms with E-state index in [2.05, 4.69) is 10.5 Å². The zero-order valence-electron chi connectivity index (χ0n) is 12.8. The van der Waals surface area contributed by atoms with E-state index < -0.39 is 0 Å². The Morgan fingerprint density at radius 2 is 2.14 bits per heavy atom. The first-order chi connectivity index (χ1) is 10.0. The Labute approximate surface area is 124 Å². The van der Waals surface area contributed by atoms with Crippen LogP contribution in [0.2, 0.25) is 0 Å². The maximum atomic E-state index is 11.8. The summed E-state index contributed by atoms with van der Waals surface area (Å²) in [4.78, 5) is 25.2. The van der Waals surface area contributed by atoms with Crippen LogP contribution in [0.1, 0.15) is 32.4 Å². The molecule has 0 aromatic carbocycles. The minimum atomic E-state index is -0.265. The number of amides is 1. The average Bonchev–Trinajstić information content (AvgIpc) is 2.82. The molecule has 1 aromatic rings. The van der Waals surface area contributed by atoms with Gasteiger partial charge in [-0.3, -0.25) is 14.5 Å². The van der Waals surface area contributed by atoms with Crippen LogP contribution in [-0.2, 0) is 14.3 Å². The molecule has 118 valence electrons. The van der Waals surface area contributed by atoms with Crippen LogP contribution in [0.3, 0.4) is 0 Å². The highest BCUT2D eigenvalue weighted by atomic mass is 16.5. The van der Waals surface area contributed by atoms with E-state index in [-0.39, 0.29) is 24.8 Å². The van der Waals surface area contributed by atoms with E-state index in [0.717, 1.165) is 13.0 Å². The molecule has 1 amide bonds. The highest BCUT2D eigenvalue weighted by Gasteiger charge is 2.13. The summed E-state index contributed by atoms with van der Waals surface area (Å²) < 4.78 is 9.79. The van der Waals surface area contributed by atoms with Crippen LogP contribution in [0.15, 0.2) is 10.6 Å². The van der Waals surface area contributed by atoms with Gasteiger partial charge in [-0.1, -0.05) is 12.1 Å². The number of esters is 1. The molecular formula is C14H23N3O4. The summed E-state index contributed by atoms with van der Waals surface area (Å²) in [6, 6.07) is 1.65. The SMILES string of the molecule is CCCN(CCC(=O)Nc1cc(C)on1)CC(=O)OCC. The second kappa shape index (κ2) is 9.12. The lowest BCUT2D eigenvalue weighted by Crippen LogP contribution is -2.34. The van der Waals surface area contributed by atoms with E-state index in [1.807, 2.05) is 11.8 Å². The molecule has 21 heavy (non-hydrogen) atoms. The third kappa shape index (κ3) is 6.89. The quantitative estimate of drug-likeness (QED) is 0.697. The van der Waals surface area contributed by atoms with E-state index in [1.54, 1.807) is 19.9 Å². The maximum Gasteiger partial charge on any atom is 0.320 e. The van der Waals surface area contributed by atoms with Gasteiger partial charge in [0.2, 0.25) is 5.91 Å². The lowest BCUT2D eigenvalue weighted by Gasteiger charge is -2.19. The molecule has 0 aliphatic carbocycles. The monoisotopic (exact) mass is 297 g/mol. The Bertz CT molecular complexity index is 459. The van der Waals surface area contributed by atoms with E-state index >= 15 is 0 Å². The van der Waals surface area contributed by atoms with Gasteiger partial charge in [0.25, 0.3) is 0 Å². The van der Waals surface area contributed by atoms with Crippen LogP contribution in [-0.4, -0.2) is 48.2 Å². The molecule has 0 unspecified atom stereocenters. The Kier molecular flexibility index (Phi) is 7.45. The van der Waals surface area contributed by atoms with Crippen molar-refractivity contribution >= 4 is 17.7 Å². The molecule has 0 saturated heterocycles. The molecule has 0 spiro atoms. The van der Waals surface area contributed by atoms with Gasteiger partial charge in [0.15, 0.2) is 5.82 Å². The Morgan fingerprint density at radius 3 is 2.71 bits per heavy atom. The first-order valence-electron chi connectivity index (χ1n) is 7.16. The number of anilines is 1. The number of aryl methyl sites for hydroxylation is 1. The summed E-state index contributed by atoms with van der Waals surface area (Å²) in [6.07, 6.45) is 1.19. The van der Waals surface area contributed by atoms with E-state index in [4.69, 9.17) is 9.26 Å². The smallest absolute Gasteiger partial charge is 0.320 e. The first-order valence-corrected chi connectivity index (χ1v) is 7.16. The fraction of sp³-hybridized carbons (Fsp3) is 0.643. The zero-order valence-corrected chi connectivity index (χ0v) is 12.8. The number of hydrogen-bond acceptors (Lipinski definition) is 6. The Hall–Kier alpha value is -1.89. The van der Waals surface area contributed by atoms with Crippen molar-refractivity contribution in [3.63, 3.8) is 0 Å². The van der Waals surface area contributed by atoms with Crippen LogP contribution in [0.5, 0.6) is 0 Å². The zero-order chi connectivity index (χ0) is 15.7. The lowest BCUT2D eigenvalue weighted by molar-refractivity contribution is -0.144. The van der Waals surface area contributed by atoms with Crippen molar-refractivity contribution in [2.45, 2.75) is 33.6 Å². The van der Waals surface area contributed by atoms with Gasteiger partial charge in [0.05, 0.1) is 13.2 Å². The summed E-state index contributed by atoms with van der Waals surface area (Å²) in [7, 11) is 0. The van der Waals surface area contributed by atoms with Gasteiger partial charge in [-0.05, 0) is 26.8 Å². The van der Waals surface area contributed by atoms with Crippen molar-refractivity contribution in [2.75, 3.05) is 31.6 Å². The van der Waals surface area contributed by atoms with Crippen LogP contribution >= 0.6 is 0 Å². The number of hydrogen-bond donors (Lipinski definition) is 1. The number of nitrogens with zero attached hydrogens (tertiary/aromatic N) is 2. The van der Waals surface area contributed by atoms with Gasteiger partial charge in [0.1, 0.15) is 5.76 Å². The topological polar surface area (TPSA) is 84.7 Å². The standard InChI is InChI=1S/C14H23N3O4/c1-4-7-17(10-14(19)20-5-2)8-6-13(18)15-12-9-11(3)21-16-12/h9H,4-8,10H2,1-3H3,(H,15,16,18). The van der Waals surface area contributed by atoms with Crippen molar-refractivity contribution in [1.82, 2.24) is 10.1 Å². The van der Waals surface area contributed by atoms with Gasteiger partial charge >= 0.3 is 5.97 Å². The van der Waals surface area contributed by atoms with Crippen molar-refractivity contribution in [3.05, 3.63) is 11.8 Å². The molecule has 1 N–H and O–H groups in total. The lowest BCUT2D eigenvalue weighted by atomic mass is 10.3. The summed E-state index contributed by atoms with van der Waals surface area (Å²) >= 11 is 0. The van der Waals surface area contributed by atoms with E-state index in [1.165, 1.54) is 0 Å². The number of aromatic nitrogens is 1. The molecule has 1 aromatic heterocycles. The predicted octanol–water partition coefficient (Wildman–Crippen LogP) is 1.59. The third-order valence-corrected chi connectivity index (χ3v) is 2.75. The van der Waals surface area contributed by atoms with Crippen molar-refractivity contribution in [3.8, 4) is 0 Å². The third-order valence-electron chi connectivity index (χ3n) is 2.75. The van der Waals surface area contributed by atoms with E-state index in [0.29, 0.717) is 24.7 Å². The van der Waals surface area contributed by atoms with Crippen LogP contribution in [0, 0.1) is 6.92 Å². The molecule has 0 bridgehead atoms. The summed E-state index contributed by atoms with van der Waals surface area (Å²) in [5, 5.41) is 6.35. The summed E-state index contributed by atoms with van der Waals surface area (Å²) in [5.74, 6) is 0.622.